The van der Waals surface area contributed by atoms with E-state index in [1.54, 1.807) is 0 Å². The van der Waals surface area contributed by atoms with Gasteiger partial charge in [-0.3, -0.25) is 10.1 Å². The Bertz CT molecular complexity index is 557. The van der Waals surface area contributed by atoms with Gasteiger partial charge in [-0.25, -0.2) is 0 Å². The molecule has 18 heavy (non-hydrogen) atoms. The molecule has 0 aromatic heterocycles. The summed E-state index contributed by atoms with van der Waals surface area (Å²) < 4.78 is 5.50. The van der Waals surface area contributed by atoms with Crippen LogP contribution in [0.4, 0.5) is 5.69 Å². The lowest BCUT2D eigenvalue weighted by Gasteiger charge is -2.06. The number of nitrogens with zero attached hydrogens (tertiary/aromatic N) is 1. The van der Waals surface area contributed by atoms with Gasteiger partial charge in [0, 0.05) is 12.1 Å². The van der Waals surface area contributed by atoms with Gasteiger partial charge in [-0.1, -0.05) is 41.9 Å². The minimum atomic E-state index is -0.524. The van der Waals surface area contributed by atoms with Gasteiger partial charge in [-0.05, 0) is 11.6 Å². The normalized spacial score (nSPS) is 10.1. The molecule has 2 rings (SSSR count). The molecule has 0 radical (unpaired) electrons. The van der Waals surface area contributed by atoms with Crippen molar-refractivity contribution in [3.05, 3.63) is 69.2 Å². The summed E-state index contributed by atoms with van der Waals surface area (Å²) in [6, 6.07) is 14.0. The molecule has 0 unspecified atom stereocenters. The molecule has 0 saturated heterocycles. The van der Waals surface area contributed by atoms with Gasteiger partial charge in [0.2, 0.25) is 0 Å². The molecule has 0 atom stereocenters. The van der Waals surface area contributed by atoms with Gasteiger partial charge in [0.15, 0.2) is 0 Å². The number of nitro benzene ring substituents is 1. The number of rotatable bonds is 4. The van der Waals surface area contributed by atoms with Crippen molar-refractivity contribution in [1.29, 1.82) is 0 Å². The van der Waals surface area contributed by atoms with Crippen LogP contribution in [0, 0.1) is 10.1 Å². The quantitative estimate of drug-likeness (QED) is 0.622. The fourth-order valence-electron chi connectivity index (χ4n) is 1.47. The topological polar surface area (TPSA) is 52.4 Å². The largest absolute Gasteiger partial charge is 0.489 e. The summed E-state index contributed by atoms with van der Waals surface area (Å²) in [4.78, 5) is 10.1. The van der Waals surface area contributed by atoms with Crippen LogP contribution < -0.4 is 4.74 Å². The standard InChI is InChI=1S/C13H10ClNO3/c14-12-8-11(6-7-13(12)15(16)17)18-9-10-4-2-1-3-5-10/h1-8H,9H2. The third-order valence-electron chi connectivity index (χ3n) is 2.36. The summed E-state index contributed by atoms with van der Waals surface area (Å²) >= 11 is 5.78. The smallest absolute Gasteiger partial charge is 0.288 e. The number of benzene rings is 2. The Morgan fingerprint density at radius 1 is 1.17 bits per heavy atom. The first kappa shape index (κ1) is 12.4. The van der Waals surface area contributed by atoms with Crippen molar-refractivity contribution in [2.45, 2.75) is 6.61 Å². The van der Waals surface area contributed by atoms with Crippen molar-refractivity contribution in [2.24, 2.45) is 0 Å². The Kier molecular flexibility index (Phi) is 3.79. The Balaban J connectivity index is 2.07. The zero-order valence-corrected chi connectivity index (χ0v) is 10.1. The SMILES string of the molecule is O=[N+]([O-])c1ccc(OCc2ccccc2)cc1Cl. The average Bonchev–Trinajstić information content (AvgIpc) is 2.37. The van der Waals surface area contributed by atoms with Crippen LogP contribution in [-0.4, -0.2) is 4.92 Å². The minimum absolute atomic E-state index is 0.0746. The molecule has 0 saturated carbocycles. The first-order valence-corrected chi connectivity index (χ1v) is 5.65. The molecule has 0 N–H and O–H groups in total. The van der Waals surface area contributed by atoms with Gasteiger partial charge in [-0.15, -0.1) is 0 Å². The highest BCUT2D eigenvalue weighted by molar-refractivity contribution is 6.32. The predicted octanol–water partition coefficient (Wildman–Crippen LogP) is 3.83. The zero-order valence-electron chi connectivity index (χ0n) is 9.38. The number of hydrogen-bond donors (Lipinski definition) is 0. The van der Waals surface area contributed by atoms with Crippen LogP contribution in [0.2, 0.25) is 5.02 Å². The molecular formula is C13H10ClNO3. The van der Waals surface area contributed by atoms with E-state index in [-0.39, 0.29) is 10.7 Å². The van der Waals surface area contributed by atoms with E-state index in [4.69, 9.17) is 16.3 Å². The van der Waals surface area contributed by atoms with Crippen molar-refractivity contribution in [3.63, 3.8) is 0 Å². The first-order chi connectivity index (χ1) is 8.66. The molecule has 92 valence electrons. The summed E-state index contributed by atoms with van der Waals surface area (Å²) in [5.74, 6) is 0.509. The van der Waals surface area contributed by atoms with E-state index in [1.165, 1.54) is 18.2 Å². The van der Waals surface area contributed by atoms with Gasteiger partial charge >= 0.3 is 0 Å². The van der Waals surface area contributed by atoms with E-state index in [1.807, 2.05) is 30.3 Å². The second-order valence-corrected chi connectivity index (χ2v) is 4.05. The van der Waals surface area contributed by atoms with Crippen molar-refractivity contribution < 1.29 is 9.66 Å². The van der Waals surface area contributed by atoms with Crippen LogP contribution in [0.15, 0.2) is 48.5 Å². The zero-order chi connectivity index (χ0) is 13.0. The highest BCUT2D eigenvalue weighted by Crippen LogP contribution is 2.28. The molecule has 5 heteroatoms. The van der Waals surface area contributed by atoms with E-state index in [0.29, 0.717) is 12.4 Å². The summed E-state index contributed by atoms with van der Waals surface area (Å²) in [6.45, 7) is 0.398. The lowest BCUT2D eigenvalue weighted by atomic mass is 10.2. The van der Waals surface area contributed by atoms with Crippen molar-refractivity contribution in [2.75, 3.05) is 0 Å². The van der Waals surface area contributed by atoms with Crippen LogP contribution >= 0.6 is 11.6 Å². The van der Waals surface area contributed by atoms with E-state index in [0.717, 1.165) is 5.56 Å². The number of hydrogen-bond acceptors (Lipinski definition) is 3. The van der Waals surface area contributed by atoms with Crippen LogP contribution in [-0.2, 0) is 6.61 Å². The Morgan fingerprint density at radius 3 is 2.50 bits per heavy atom. The molecular weight excluding hydrogens is 254 g/mol. The number of ether oxygens (including phenoxy) is 1. The second-order valence-electron chi connectivity index (χ2n) is 3.64. The molecule has 2 aromatic carbocycles. The lowest BCUT2D eigenvalue weighted by molar-refractivity contribution is -0.384. The van der Waals surface area contributed by atoms with Crippen LogP contribution in [0.5, 0.6) is 5.75 Å². The maximum atomic E-state index is 10.6. The maximum absolute atomic E-state index is 10.6. The molecule has 0 aliphatic heterocycles. The third-order valence-corrected chi connectivity index (χ3v) is 2.67. The van der Waals surface area contributed by atoms with Crippen LogP contribution in [0.3, 0.4) is 0 Å². The van der Waals surface area contributed by atoms with Crippen molar-refractivity contribution >= 4 is 17.3 Å². The van der Waals surface area contributed by atoms with Gasteiger partial charge in [0.1, 0.15) is 17.4 Å². The van der Waals surface area contributed by atoms with Crippen molar-refractivity contribution in [1.82, 2.24) is 0 Å². The van der Waals surface area contributed by atoms with E-state index < -0.39 is 4.92 Å². The highest BCUT2D eigenvalue weighted by atomic mass is 35.5. The Morgan fingerprint density at radius 2 is 1.89 bits per heavy atom. The molecule has 4 nitrogen and oxygen atoms in total. The van der Waals surface area contributed by atoms with Crippen molar-refractivity contribution in [3.8, 4) is 5.75 Å². The van der Waals surface area contributed by atoms with Gasteiger partial charge in [0.25, 0.3) is 5.69 Å². The van der Waals surface area contributed by atoms with Gasteiger partial charge in [-0.2, -0.15) is 0 Å². The molecule has 0 heterocycles. The molecule has 0 bridgehead atoms. The summed E-state index contributed by atoms with van der Waals surface area (Å²) in [5, 5.41) is 10.7. The van der Waals surface area contributed by atoms with E-state index in [2.05, 4.69) is 0 Å². The lowest BCUT2D eigenvalue weighted by Crippen LogP contribution is -1.96. The van der Waals surface area contributed by atoms with E-state index >= 15 is 0 Å². The molecule has 0 amide bonds. The summed E-state index contributed by atoms with van der Waals surface area (Å²) in [5.41, 5.74) is 0.899. The third kappa shape index (κ3) is 2.99. The first-order valence-electron chi connectivity index (χ1n) is 5.27. The predicted molar refractivity (Wildman–Crippen MR) is 68.9 cm³/mol. The highest BCUT2D eigenvalue weighted by Gasteiger charge is 2.12. The van der Waals surface area contributed by atoms with Gasteiger partial charge in [0.05, 0.1) is 4.92 Å². The van der Waals surface area contributed by atoms with E-state index in [9.17, 15) is 10.1 Å². The minimum Gasteiger partial charge on any atom is -0.489 e. The molecule has 0 aliphatic rings. The van der Waals surface area contributed by atoms with Crippen LogP contribution in [0.25, 0.3) is 0 Å². The van der Waals surface area contributed by atoms with Gasteiger partial charge < -0.3 is 4.74 Å². The monoisotopic (exact) mass is 263 g/mol. The molecule has 0 spiro atoms. The molecule has 0 fully saturated rings. The Hall–Kier alpha value is -2.07. The van der Waals surface area contributed by atoms with Crippen LogP contribution in [0.1, 0.15) is 5.56 Å². The second kappa shape index (κ2) is 5.51. The maximum Gasteiger partial charge on any atom is 0.288 e. The fourth-order valence-corrected chi connectivity index (χ4v) is 1.71. The number of nitro groups is 1. The number of halogens is 1. The molecule has 0 aliphatic carbocycles. The summed E-state index contributed by atoms with van der Waals surface area (Å²) in [7, 11) is 0. The molecule has 2 aromatic rings. The average molecular weight is 264 g/mol. The Labute approximate surface area is 109 Å². The fraction of sp³-hybridized carbons (Fsp3) is 0.0769. The summed E-state index contributed by atoms with van der Waals surface area (Å²) in [6.07, 6.45) is 0.